The Morgan fingerprint density at radius 2 is 2.36 bits per heavy atom. The highest BCUT2D eigenvalue weighted by atomic mass is 16.6. The van der Waals surface area contributed by atoms with E-state index in [0.717, 1.165) is 0 Å². The molecule has 3 heteroatoms. The lowest BCUT2D eigenvalue weighted by atomic mass is 10.0. The van der Waals surface area contributed by atoms with Gasteiger partial charge in [0.05, 0.1) is 12.3 Å². The fourth-order valence-electron chi connectivity index (χ4n) is 1.00. The summed E-state index contributed by atoms with van der Waals surface area (Å²) in [6.07, 6.45) is 4.57. The van der Waals surface area contributed by atoms with Crippen LogP contribution in [0.4, 0.5) is 0 Å². The fraction of sp³-hybridized carbons (Fsp3) is 0.500. The van der Waals surface area contributed by atoms with Crippen molar-refractivity contribution in [1.82, 2.24) is 0 Å². The van der Waals surface area contributed by atoms with Crippen molar-refractivity contribution in [3.63, 3.8) is 0 Å². The number of carbonyl (C=O) groups is 2. The summed E-state index contributed by atoms with van der Waals surface area (Å²) < 4.78 is 4.36. The number of carbonyl (C=O) groups excluding carboxylic acids is 2. The molecule has 1 unspecified atom stereocenters. The van der Waals surface area contributed by atoms with Crippen LogP contribution in [0.2, 0.25) is 0 Å². The summed E-state index contributed by atoms with van der Waals surface area (Å²) in [5.74, 6) is -1.02. The van der Waals surface area contributed by atoms with E-state index >= 15 is 0 Å². The predicted molar refractivity (Wildman–Crippen MR) is 38.6 cm³/mol. The second-order valence-electron chi connectivity index (χ2n) is 2.50. The minimum Gasteiger partial charge on any atom is -0.393 e. The van der Waals surface area contributed by atoms with Crippen molar-refractivity contribution in [2.24, 2.45) is 5.92 Å². The Labute approximate surface area is 65.0 Å². The van der Waals surface area contributed by atoms with E-state index in [1.54, 1.807) is 0 Å². The molecule has 60 valence electrons. The van der Waals surface area contributed by atoms with Gasteiger partial charge in [0, 0.05) is 0 Å². The molecule has 1 heterocycles. The molecule has 0 radical (unpaired) electrons. The average molecular weight is 154 g/mol. The summed E-state index contributed by atoms with van der Waals surface area (Å²) in [6.45, 7) is 1.88. The normalized spacial score (nSPS) is 24.6. The molecule has 3 nitrogen and oxygen atoms in total. The van der Waals surface area contributed by atoms with Crippen LogP contribution in [0.1, 0.15) is 19.8 Å². The molecule has 1 saturated heterocycles. The van der Waals surface area contributed by atoms with Crippen LogP contribution in [-0.2, 0) is 14.3 Å². The maximum atomic E-state index is 10.8. The van der Waals surface area contributed by atoms with Gasteiger partial charge in [0.1, 0.15) is 0 Å². The first-order valence-corrected chi connectivity index (χ1v) is 3.59. The molecule has 1 fully saturated rings. The van der Waals surface area contributed by atoms with Crippen molar-refractivity contribution in [3.8, 4) is 0 Å². The lowest BCUT2D eigenvalue weighted by molar-refractivity contribution is -0.153. The van der Waals surface area contributed by atoms with Gasteiger partial charge >= 0.3 is 11.9 Å². The third-order valence-electron chi connectivity index (χ3n) is 1.62. The van der Waals surface area contributed by atoms with E-state index in [1.807, 2.05) is 19.1 Å². The average Bonchev–Trinajstić information content (AvgIpc) is 2.26. The molecule has 11 heavy (non-hydrogen) atoms. The molecule has 0 aliphatic carbocycles. The minimum absolute atomic E-state index is 0.237. The van der Waals surface area contributed by atoms with Crippen LogP contribution in [0, 0.1) is 5.92 Å². The molecule has 0 amide bonds. The smallest absolute Gasteiger partial charge is 0.317 e. The largest absolute Gasteiger partial charge is 0.393 e. The van der Waals surface area contributed by atoms with Gasteiger partial charge in [-0.2, -0.15) is 0 Å². The van der Waals surface area contributed by atoms with E-state index in [0.29, 0.717) is 6.42 Å². The highest BCUT2D eigenvalue weighted by Crippen LogP contribution is 2.19. The zero-order valence-electron chi connectivity index (χ0n) is 6.37. The van der Waals surface area contributed by atoms with Crippen molar-refractivity contribution < 1.29 is 14.3 Å². The van der Waals surface area contributed by atoms with Crippen LogP contribution >= 0.6 is 0 Å². The SMILES string of the molecule is CC=CCC1CC(=O)OC1=O. The Hall–Kier alpha value is -1.12. The number of rotatable bonds is 2. The molecule has 1 aliphatic heterocycles. The van der Waals surface area contributed by atoms with Crippen molar-refractivity contribution >= 4 is 11.9 Å². The second-order valence-corrected chi connectivity index (χ2v) is 2.50. The number of allylic oxidation sites excluding steroid dienone is 2. The summed E-state index contributed by atoms with van der Waals surface area (Å²) in [6, 6.07) is 0. The van der Waals surface area contributed by atoms with Crippen LogP contribution in [0.5, 0.6) is 0 Å². The van der Waals surface area contributed by atoms with Gasteiger partial charge in [-0.15, -0.1) is 0 Å². The lowest BCUT2D eigenvalue weighted by Gasteiger charge is -1.96. The Bertz CT molecular complexity index is 205. The van der Waals surface area contributed by atoms with Gasteiger partial charge in [0.2, 0.25) is 0 Å². The van der Waals surface area contributed by atoms with Gasteiger partial charge in [-0.25, -0.2) is 0 Å². The van der Waals surface area contributed by atoms with Gasteiger partial charge in [-0.1, -0.05) is 12.2 Å². The molecule has 1 atom stereocenters. The van der Waals surface area contributed by atoms with Crippen LogP contribution in [0.3, 0.4) is 0 Å². The number of hydrogen-bond donors (Lipinski definition) is 0. The second kappa shape index (κ2) is 3.32. The van der Waals surface area contributed by atoms with Crippen molar-refractivity contribution in [1.29, 1.82) is 0 Å². The van der Waals surface area contributed by atoms with E-state index in [4.69, 9.17) is 0 Å². The van der Waals surface area contributed by atoms with E-state index < -0.39 is 5.97 Å². The number of esters is 2. The first kappa shape index (κ1) is 7.98. The van der Waals surface area contributed by atoms with E-state index in [1.165, 1.54) is 0 Å². The van der Waals surface area contributed by atoms with Crippen LogP contribution < -0.4 is 0 Å². The molecular formula is C8H10O3. The van der Waals surface area contributed by atoms with Gasteiger partial charge in [0.15, 0.2) is 0 Å². The molecule has 1 aliphatic rings. The number of cyclic esters (lactones) is 2. The predicted octanol–water partition coefficient (Wildman–Crippen LogP) is 1.04. The monoisotopic (exact) mass is 154 g/mol. The molecule has 0 bridgehead atoms. The van der Waals surface area contributed by atoms with Gasteiger partial charge < -0.3 is 4.74 Å². The maximum Gasteiger partial charge on any atom is 0.317 e. The van der Waals surface area contributed by atoms with Crippen molar-refractivity contribution in [2.45, 2.75) is 19.8 Å². The Morgan fingerprint density at radius 1 is 1.64 bits per heavy atom. The van der Waals surface area contributed by atoms with Gasteiger partial charge in [0.25, 0.3) is 0 Å². The quantitative estimate of drug-likeness (QED) is 0.339. The minimum atomic E-state index is -0.399. The van der Waals surface area contributed by atoms with Gasteiger partial charge in [-0.3, -0.25) is 9.59 Å². The standard InChI is InChI=1S/C8H10O3/c1-2-3-4-6-5-7(9)11-8(6)10/h2-3,6H,4-5H2,1H3. The van der Waals surface area contributed by atoms with Crippen molar-refractivity contribution in [2.75, 3.05) is 0 Å². The summed E-state index contributed by atoms with van der Waals surface area (Å²) >= 11 is 0. The molecule has 0 saturated carbocycles. The molecule has 0 N–H and O–H groups in total. The molecule has 1 rings (SSSR count). The molecular weight excluding hydrogens is 144 g/mol. The summed E-state index contributed by atoms with van der Waals surface area (Å²) in [4.78, 5) is 21.4. The number of hydrogen-bond acceptors (Lipinski definition) is 3. The van der Waals surface area contributed by atoms with Crippen LogP contribution in [0.25, 0.3) is 0 Å². The Morgan fingerprint density at radius 3 is 2.82 bits per heavy atom. The lowest BCUT2D eigenvalue weighted by Crippen LogP contribution is -2.05. The third-order valence-corrected chi connectivity index (χ3v) is 1.62. The Balaban J connectivity index is 2.47. The van der Waals surface area contributed by atoms with E-state index in [9.17, 15) is 9.59 Å². The number of ether oxygens (including phenoxy) is 1. The zero-order valence-corrected chi connectivity index (χ0v) is 6.37. The summed E-state index contributed by atoms with van der Waals surface area (Å²) in [7, 11) is 0. The molecule has 0 spiro atoms. The topological polar surface area (TPSA) is 43.4 Å². The fourth-order valence-corrected chi connectivity index (χ4v) is 1.00. The van der Waals surface area contributed by atoms with Crippen LogP contribution in [-0.4, -0.2) is 11.9 Å². The molecule has 0 aromatic heterocycles. The third kappa shape index (κ3) is 1.90. The van der Waals surface area contributed by atoms with Crippen LogP contribution in [0.15, 0.2) is 12.2 Å². The van der Waals surface area contributed by atoms with Gasteiger partial charge in [-0.05, 0) is 13.3 Å². The molecule has 0 aromatic carbocycles. The van der Waals surface area contributed by atoms with Crippen molar-refractivity contribution in [3.05, 3.63) is 12.2 Å². The zero-order chi connectivity index (χ0) is 8.27. The highest BCUT2D eigenvalue weighted by molar-refractivity contribution is 5.94. The van der Waals surface area contributed by atoms with E-state index in [-0.39, 0.29) is 18.3 Å². The Kier molecular flexibility index (Phi) is 2.41. The first-order chi connectivity index (χ1) is 5.24. The molecule has 0 aromatic rings. The first-order valence-electron chi connectivity index (χ1n) is 3.59. The summed E-state index contributed by atoms with van der Waals surface area (Å²) in [5, 5.41) is 0. The highest BCUT2D eigenvalue weighted by Gasteiger charge is 2.31. The maximum absolute atomic E-state index is 10.8. The summed E-state index contributed by atoms with van der Waals surface area (Å²) in [5.41, 5.74) is 0. The van der Waals surface area contributed by atoms with E-state index in [2.05, 4.69) is 4.74 Å².